The number of carbonyl (C=O) groups is 4. The van der Waals surface area contributed by atoms with E-state index in [0.29, 0.717) is 28.6 Å². The maximum Gasteiger partial charge on any atom is 0.336 e. The summed E-state index contributed by atoms with van der Waals surface area (Å²) in [7, 11) is 0. The van der Waals surface area contributed by atoms with Crippen molar-refractivity contribution < 1.29 is 23.6 Å². The van der Waals surface area contributed by atoms with Crippen LogP contribution in [0.2, 0.25) is 0 Å². The Labute approximate surface area is 289 Å². The van der Waals surface area contributed by atoms with Crippen LogP contribution in [-0.4, -0.2) is 54.3 Å². The van der Waals surface area contributed by atoms with Gasteiger partial charge in [0.1, 0.15) is 23.7 Å². The van der Waals surface area contributed by atoms with Gasteiger partial charge >= 0.3 is 5.63 Å². The van der Waals surface area contributed by atoms with Crippen molar-refractivity contribution in [3.05, 3.63) is 112 Å². The quantitative estimate of drug-likeness (QED) is 0.0474. The molecule has 0 radical (unpaired) electrons. The molecule has 13 nitrogen and oxygen atoms in total. The van der Waals surface area contributed by atoms with Crippen molar-refractivity contribution in [2.75, 3.05) is 11.9 Å². The molecule has 4 rings (SSSR count). The second-order valence-electron chi connectivity index (χ2n) is 12.3. The van der Waals surface area contributed by atoms with Crippen LogP contribution < -0.4 is 38.4 Å². The van der Waals surface area contributed by atoms with Gasteiger partial charge in [-0.2, -0.15) is 0 Å². The Balaban J connectivity index is 1.53. The molecule has 4 amide bonds. The number of benzene rings is 3. The number of rotatable bonds is 15. The highest BCUT2D eigenvalue weighted by Crippen LogP contribution is 2.21. The van der Waals surface area contributed by atoms with E-state index in [2.05, 4.69) is 26.3 Å². The minimum absolute atomic E-state index is 0.102. The van der Waals surface area contributed by atoms with E-state index in [1.165, 1.54) is 12.1 Å². The molecule has 0 aliphatic rings. The summed E-state index contributed by atoms with van der Waals surface area (Å²) in [6.45, 7) is 5.52. The van der Waals surface area contributed by atoms with Gasteiger partial charge in [-0.1, -0.05) is 62.4 Å². The first-order valence-electron chi connectivity index (χ1n) is 16.3. The SMILES string of the molecule is Cc1cc(=O)oc2cc(NC(=O)C(CCCN=C(N)N)NC(=O)C(NC(=O)C(Cc3ccccc3)NC(=O)c3ccccc3)C(C)C)ccc12. The van der Waals surface area contributed by atoms with Gasteiger partial charge in [0, 0.05) is 41.7 Å². The Morgan fingerprint density at radius 2 is 1.48 bits per heavy atom. The van der Waals surface area contributed by atoms with Gasteiger partial charge in [0.15, 0.2) is 5.96 Å². The van der Waals surface area contributed by atoms with Gasteiger partial charge in [0.25, 0.3) is 5.91 Å². The summed E-state index contributed by atoms with van der Waals surface area (Å²) in [6.07, 6.45) is 0.697. The molecule has 0 spiro atoms. The van der Waals surface area contributed by atoms with E-state index in [0.717, 1.165) is 11.1 Å². The average molecular weight is 682 g/mol. The molecule has 0 aliphatic carbocycles. The zero-order chi connectivity index (χ0) is 36.2. The highest BCUT2D eigenvalue weighted by molar-refractivity contribution is 6.01. The largest absolute Gasteiger partial charge is 0.423 e. The molecule has 50 heavy (non-hydrogen) atoms. The number of nitrogens with zero attached hydrogens (tertiary/aromatic N) is 1. The number of carbonyl (C=O) groups excluding carboxylic acids is 4. The summed E-state index contributed by atoms with van der Waals surface area (Å²) in [5.74, 6) is -2.62. The fourth-order valence-corrected chi connectivity index (χ4v) is 5.34. The van der Waals surface area contributed by atoms with Crippen molar-refractivity contribution in [2.45, 2.75) is 58.2 Å². The van der Waals surface area contributed by atoms with Crippen LogP contribution in [0.15, 0.2) is 99.1 Å². The fourth-order valence-electron chi connectivity index (χ4n) is 5.34. The maximum absolute atomic E-state index is 13.8. The zero-order valence-corrected chi connectivity index (χ0v) is 28.3. The number of hydrogen-bond acceptors (Lipinski definition) is 7. The number of aliphatic imine (C=N–C) groups is 1. The third kappa shape index (κ3) is 10.5. The number of amides is 4. The van der Waals surface area contributed by atoms with E-state index in [9.17, 15) is 24.0 Å². The maximum atomic E-state index is 13.8. The number of fused-ring (bicyclic) bond motifs is 1. The molecule has 1 heterocycles. The number of anilines is 1. The lowest BCUT2D eigenvalue weighted by Crippen LogP contribution is -2.58. The van der Waals surface area contributed by atoms with Crippen LogP contribution in [0.1, 0.15) is 48.2 Å². The summed E-state index contributed by atoms with van der Waals surface area (Å²) in [5, 5.41) is 11.9. The molecule has 8 N–H and O–H groups in total. The third-order valence-corrected chi connectivity index (χ3v) is 7.98. The van der Waals surface area contributed by atoms with Crippen LogP contribution in [0.3, 0.4) is 0 Å². The summed E-state index contributed by atoms with van der Waals surface area (Å²) in [4.78, 5) is 70.1. The lowest BCUT2D eigenvalue weighted by atomic mass is 10.00. The molecular formula is C37H43N7O6. The molecule has 13 heteroatoms. The Bertz CT molecular complexity index is 1890. The summed E-state index contributed by atoms with van der Waals surface area (Å²) in [5.41, 5.74) is 13.0. The summed E-state index contributed by atoms with van der Waals surface area (Å²) in [6, 6.07) is 20.9. The highest BCUT2D eigenvalue weighted by atomic mass is 16.4. The molecule has 0 aliphatic heterocycles. The van der Waals surface area contributed by atoms with Crippen LogP contribution in [0.25, 0.3) is 11.0 Å². The average Bonchev–Trinajstić information content (AvgIpc) is 3.08. The number of hydrogen-bond donors (Lipinski definition) is 6. The second-order valence-corrected chi connectivity index (χ2v) is 12.3. The molecule has 3 unspecified atom stereocenters. The number of aryl methyl sites for hydroxylation is 1. The Morgan fingerprint density at radius 3 is 2.14 bits per heavy atom. The van der Waals surface area contributed by atoms with Gasteiger partial charge in [-0.25, -0.2) is 4.79 Å². The first-order chi connectivity index (χ1) is 23.9. The van der Waals surface area contributed by atoms with Crippen LogP contribution in [-0.2, 0) is 20.8 Å². The Hall–Kier alpha value is -5.98. The zero-order valence-electron chi connectivity index (χ0n) is 28.3. The molecule has 0 saturated heterocycles. The predicted molar refractivity (Wildman–Crippen MR) is 192 cm³/mol. The van der Waals surface area contributed by atoms with Crippen molar-refractivity contribution >= 4 is 46.2 Å². The lowest BCUT2D eigenvalue weighted by molar-refractivity contribution is -0.132. The molecule has 0 fully saturated rings. The van der Waals surface area contributed by atoms with E-state index in [1.54, 1.807) is 63.2 Å². The van der Waals surface area contributed by atoms with E-state index in [-0.39, 0.29) is 25.3 Å². The van der Waals surface area contributed by atoms with Crippen molar-refractivity contribution in [3.8, 4) is 0 Å². The van der Waals surface area contributed by atoms with E-state index in [4.69, 9.17) is 15.9 Å². The topological polar surface area (TPSA) is 211 Å². The summed E-state index contributed by atoms with van der Waals surface area (Å²) >= 11 is 0. The lowest BCUT2D eigenvalue weighted by Gasteiger charge is -2.27. The first-order valence-corrected chi connectivity index (χ1v) is 16.3. The standard InChI is InChI=1S/C37H43N7O6/c1-22(2)32(44-35(48)29(20-24-11-6-4-7-12-24)43-33(46)25-13-8-5-9-14-25)36(49)42-28(15-10-18-40-37(38)39)34(47)41-26-16-17-27-23(3)19-31(45)50-30(27)21-26/h4-9,11-14,16-17,19,21-22,28-29,32H,10,15,18,20H2,1-3H3,(H,41,47)(H,42,49)(H,43,46)(H,44,48)(H4,38,39,40). The minimum Gasteiger partial charge on any atom is -0.423 e. The van der Waals surface area contributed by atoms with Crippen molar-refractivity contribution in [2.24, 2.45) is 22.4 Å². The van der Waals surface area contributed by atoms with Gasteiger partial charge in [0.05, 0.1) is 0 Å². The van der Waals surface area contributed by atoms with Crippen molar-refractivity contribution in [1.29, 1.82) is 0 Å². The number of nitrogens with two attached hydrogens (primary N) is 2. The Kier molecular flexibility index (Phi) is 12.8. The van der Waals surface area contributed by atoms with Gasteiger partial charge in [-0.05, 0) is 61.1 Å². The van der Waals surface area contributed by atoms with Crippen LogP contribution in [0.5, 0.6) is 0 Å². The molecule has 0 bridgehead atoms. The third-order valence-electron chi connectivity index (χ3n) is 7.98. The smallest absolute Gasteiger partial charge is 0.336 e. The fraction of sp³-hybridized carbons (Fsp3) is 0.297. The van der Waals surface area contributed by atoms with Gasteiger partial charge in [0.2, 0.25) is 17.7 Å². The minimum atomic E-state index is -1.06. The van der Waals surface area contributed by atoms with Gasteiger partial charge in [-0.15, -0.1) is 0 Å². The van der Waals surface area contributed by atoms with Crippen molar-refractivity contribution in [3.63, 3.8) is 0 Å². The molecule has 1 aromatic heterocycles. The van der Waals surface area contributed by atoms with Crippen LogP contribution in [0.4, 0.5) is 5.69 Å². The highest BCUT2D eigenvalue weighted by Gasteiger charge is 2.32. The van der Waals surface area contributed by atoms with Crippen LogP contribution >= 0.6 is 0 Å². The molecule has 3 atom stereocenters. The molecule has 0 saturated carbocycles. The van der Waals surface area contributed by atoms with Gasteiger partial charge < -0.3 is 37.2 Å². The normalized spacial score (nSPS) is 12.7. The van der Waals surface area contributed by atoms with Crippen molar-refractivity contribution in [1.82, 2.24) is 16.0 Å². The monoisotopic (exact) mass is 681 g/mol. The van der Waals surface area contributed by atoms with Gasteiger partial charge in [-0.3, -0.25) is 24.2 Å². The number of guanidine groups is 1. The van der Waals surface area contributed by atoms with Crippen LogP contribution in [0, 0.1) is 12.8 Å². The summed E-state index contributed by atoms with van der Waals surface area (Å²) < 4.78 is 5.31. The molecule has 4 aromatic rings. The number of nitrogens with one attached hydrogen (secondary N) is 4. The molecule has 3 aromatic carbocycles. The van der Waals surface area contributed by atoms with E-state index in [1.807, 2.05) is 30.3 Å². The van der Waals surface area contributed by atoms with E-state index < -0.39 is 53.3 Å². The first kappa shape index (κ1) is 36.8. The molecule has 262 valence electrons. The second kappa shape index (κ2) is 17.4. The molecular weight excluding hydrogens is 638 g/mol. The predicted octanol–water partition coefficient (Wildman–Crippen LogP) is 2.76. The Morgan fingerprint density at radius 1 is 0.800 bits per heavy atom. The van der Waals surface area contributed by atoms with E-state index >= 15 is 0 Å².